The normalized spacial score (nSPS) is 18.3. The Hall–Kier alpha value is -2.90. The summed E-state index contributed by atoms with van der Waals surface area (Å²) in [6, 6.07) is 2.39. The molecule has 0 spiro atoms. The lowest BCUT2D eigenvalue weighted by atomic mass is 10.1. The lowest BCUT2D eigenvalue weighted by molar-refractivity contribution is 0.0665. The van der Waals surface area contributed by atoms with Gasteiger partial charge in [0, 0.05) is 25.0 Å². The Labute approximate surface area is 142 Å². The van der Waals surface area contributed by atoms with Crippen molar-refractivity contribution in [1.82, 2.24) is 25.0 Å². The second-order valence-electron chi connectivity index (χ2n) is 6.03. The number of aromatic nitrogens is 4. The van der Waals surface area contributed by atoms with Crippen LogP contribution in [0.1, 0.15) is 47.9 Å². The van der Waals surface area contributed by atoms with E-state index < -0.39 is 5.82 Å². The molecule has 128 valence electrons. The largest absolute Gasteiger partial charge is 0.343 e. The van der Waals surface area contributed by atoms with Crippen molar-refractivity contribution < 1.29 is 13.7 Å². The van der Waals surface area contributed by atoms with E-state index in [-0.39, 0.29) is 17.5 Å². The van der Waals surface area contributed by atoms with Crippen LogP contribution in [0.5, 0.6) is 0 Å². The molecule has 0 unspecified atom stereocenters. The molecule has 0 saturated carbocycles. The first kappa shape index (κ1) is 15.6. The number of benzene rings is 1. The summed E-state index contributed by atoms with van der Waals surface area (Å²) < 4.78 is 19.4. The number of carbonyl (C=O) groups is 1. The smallest absolute Gasteiger partial charge is 0.257 e. The minimum atomic E-state index is -0.603. The van der Waals surface area contributed by atoms with Crippen LogP contribution in [-0.2, 0) is 0 Å². The SMILES string of the molecule is O=C(c1cc2nccnc2cc1F)N1CCCCC[C@H]1c1ncon1. The van der Waals surface area contributed by atoms with Crippen LogP contribution < -0.4 is 0 Å². The fourth-order valence-corrected chi connectivity index (χ4v) is 3.25. The van der Waals surface area contributed by atoms with E-state index in [9.17, 15) is 9.18 Å². The molecular formula is C17H16FN5O2. The average Bonchev–Trinajstić information content (AvgIpc) is 3.05. The molecule has 1 aromatic carbocycles. The molecule has 25 heavy (non-hydrogen) atoms. The van der Waals surface area contributed by atoms with Crippen LogP contribution in [0.4, 0.5) is 4.39 Å². The molecule has 2 aromatic heterocycles. The van der Waals surface area contributed by atoms with Gasteiger partial charge in [-0.2, -0.15) is 4.98 Å². The topological polar surface area (TPSA) is 85.0 Å². The Balaban J connectivity index is 1.74. The predicted molar refractivity (Wildman–Crippen MR) is 86.0 cm³/mol. The molecule has 1 aliphatic rings. The fourth-order valence-electron chi connectivity index (χ4n) is 3.25. The minimum absolute atomic E-state index is 0.0107. The van der Waals surface area contributed by atoms with Crippen LogP contribution in [0.15, 0.2) is 35.4 Å². The van der Waals surface area contributed by atoms with Crippen LogP contribution in [0.25, 0.3) is 11.0 Å². The van der Waals surface area contributed by atoms with Gasteiger partial charge in [0.2, 0.25) is 6.39 Å². The third-order valence-corrected chi connectivity index (χ3v) is 4.48. The van der Waals surface area contributed by atoms with Gasteiger partial charge < -0.3 is 9.42 Å². The molecule has 0 aliphatic carbocycles. The first-order chi connectivity index (χ1) is 12.2. The Bertz CT molecular complexity index is 899. The molecule has 8 heteroatoms. The number of hydrogen-bond acceptors (Lipinski definition) is 6. The highest BCUT2D eigenvalue weighted by Gasteiger charge is 2.31. The Kier molecular flexibility index (Phi) is 4.09. The zero-order chi connectivity index (χ0) is 17.2. The Morgan fingerprint density at radius 2 is 1.92 bits per heavy atom. The van der Waals surface area contributed by atoms with Gasteiger partial charge in [-0.1, -0.05) is 18.0 Å². The predicted octanol–water partition coefficient (Wildman–Crippen LogP) is 2.91. The van der Waals surface area contributed by atoms with Gasteiger partial charge in [-0.15, -0.1) is 0 Å². The van der Waals surface area contributed by atoms with Gasteiger partial charge in [0.15, 0.2) is 5.82 Å². The van der Waals surface area contributed by atoms with Gasteiger partial charge in [0.25, 0.3) is 5.91 Å². The lowest BCUT2D eigenvalue weighted by Crippen LogP contribution is -2.35. The summed E-state index contributed by atoms with van der Waals surface area (Å²) in [6.07, 6.45) is 7.79. The maximum Gasteiger partial charge on any atom is 0.257 e. The molecule has 1 saturated heterocycles. The summed E-state index contributed by atoms with van der Waals surface area (Å²) in [5.41, 5.74) is 0.892. The van der Waals surface area contributed by atoms with Crippen LogP contribution in [0.2, 0.25) is 0 Å². The van der Waals surface area contributed by atoms with Crippen molar-refractivity contribution in [1.29, 1.82) is 0 Å². The fraction of sp³-hybridized carbons (Fsp3) is 0.353. The highest BCUT2D eigenvalue weighted by Crippen LogP contribution is 2.30. The molecule has 3 aromatic rings. The van der Waals surface area contributed by atoms with Gasteiger partial charge in [-0.25, -0.2) is 4.39 Å². The molecule has 0 bridgehead atoms. The number of rotatable bonds is 2. The summed E-state index contributed by atoms with van der Waals surface area (Å²) in [4.78, 5) is 27.0. The number of hydrogen-bond donors (Lipinski definition) is 0. The van der Waals surface area contributed by atoms with Crippen molar-refractivity contribution in [2.24, 2.45) is 0 Å². The summed E-state index contributed by atoms with van der Waals surface area (Å²) >= 11 is 0. The van der Waals surface area contributed by atoms with E-state index in [1.807, 2.05) is 0 Å². The van der Waals surface area contributed by atoms with Crippen LogP contribution in [-0.4, -0.2) is 37.5 Å². The van der Waals surface area contributed by atoms with Crippen molar-refractivity contribution in [3.05, 3.63) is 48.1 Å². The second-order valence-corrected chi connectivity index (χ2v) is 6.03. The maximum absolute atomic E-state index is 14.5. The zero-order valence-corrected chi connectivity index (χ0v) is 13.4. The van der Waals surface area contributed by atoms with Crippen molar-refractivity contribution in [3.8, 4) is 0 Å². The minimum Gasteiger partial charge on any atom is -0.343 e. The van der Waals surface area contributed by atoms with E-state index in [1.54, 1.807) is 4.90 Å². The van der Waals surface area contributed by atoms with E-state index in [0.717, 1.165) is 25.7 Å². The maximum atomic E-state index is 14.5. The zero-order valence-electron chi connectivity index (χ0n) is 13.4. The Morgan fingerprint density at radius 1 is 1.12 bits per heavy atom. The van der Waals surface area contributed by atoms with E-state index in [4.69, 9.17) is 4.52 Å². The lowest BCUT2D eigenvalue weighted by Gasteiger charge is -2.28. The van der Waals surface area contributed by atoms with Crippen molar-refractivity contribution >= 4 is 16.9 Å². The molecule has 4 rings (SSSR count). The van der Waals surface area contributed by atoms with E-state index >= 15 is 0 Å². The van der Waals surface area contributed by atoms with Gasteiger partial charge >= 0.3 is 0 Å². The molecule has 1 amide bonds. The summed E-state index contributed by atoms with van der Waals surface area (Å²) in [5, 5.41) is 3.88. The number of amides is 1. The summed E-state index contributed by atoms with van der Waals surface area (Å²) in [7, 11) is 0. The van der Waals surface area contributed by atoms with Gasteiger partial charge in [0.05, 0.1) is 22.6 Å². The molecule has 7 nitrogen and oxygen atoms in total. The van der Waals surface area contributed by atoms with Crippen molar-refractivity contribution in [2.75, 3.05) is 6.54 Å². The van der Waals surface area contributed by atoms with Crippen LogP contribution in [0, 0.1) is 5.82 Å². The average molecular weight is 341 g/mol. The second kappa shape index (κ2) is 6.54. The summed E-state index contributed by atoms with van der Waals surface area (Å²) in [5.74, 6) is -0.535. The van der Waals surface area contributed by atoms with E-state index in [1.165, 1.54) is 30.9 Å². The number of carbonyl (C=O) groups excluding carboxylic acids is 1. The highest BCUT2D eigenvalue weighted by atomic mass is 19.1. The molecule has 1 fully saturated rings. The molecular weight excluding hydrogens is 325 g/mol. The standard InChI is InChI=1S/C17H16FN5O2/c18-12-9-14-13(19-5-6-20-14)8-11(12)17(24)23-7-3-1-2-4-15(23)16-21-10-25-22-16/h5-6,8-10,15H,1-4,7H2/t15-/m0/s1. The van der Waals surface area contributed by atoms with Gasteiger partial charge in [0.1, 0.15) is 5.82 Å². The monoisotopic (exact) mass is 341 g/mol. The van der Waals surface area contributed by atoms with Crippen LogP contribution >= 0.6 is 0 Å². The quantitative estimate of drug-likeness (QED) is 0.712. The van der Waals surface area contributed by atoms with E-state index in [2.05, 4.69) is 20.1 Å². The van der Waals surface area contributed by atoms with E-state index in [0.29, 0.717) is 23.4 Å². The molecule has 0 N–H and O–H groups in total. The summed E-state index contributed by atoms with van der Waals surface area (Å²) in [6.45, 7) is 0.524. The first-order valence-corrected chi connectivity index (χ1v) is 8.21. The molecule has 1 aliphatic heterocycles. The molecule has 0 radical (unpaired) electrons. The van der Waals surface area contributed by atoms with Gasteiger partial charge in [-0.05, 0) is 18.9 Å². The van der Waals surface area contributed by atoms with Crippen molar-refractivity contribution in [2.45, 2.75) is 31.7 Å². The van der Waals surface area contributed by atoms with Crippen molar-refractivity contribution in [3.63, 3.8) is 0 Å². The third kappa shape index (κ3) is 2.95. The number of fused-ring (bicyclic) bond motifs is 1. The number of nitrogens with zero attached hydrogens (tertiary/aromatic N) is 5. The highest BCUT2D eigenvalue weighted by molar-refractivity contribution is 5.97. The number of likely N-dealkylation sites (tertiary alicyclic amines) is 1. The molecule has 1 atom stereocenters. The third-order valence-electron chi connectivity index (χ3n) is 4.48. The van der Waals surface area contributed by atoms with Crippen LogP contribution in [0.3, 0.4) is 0 Å². The Morgan fingerprint density at radius 3 is 2.68 bits per heavy atom. The number of halogens is 1. The van der Waals surface area contributed by atoms with Gasteiger partial charge in [-0.3, -0.25) is 14.8 Å². The first-order valence-electron chi connectivity index (χ1n) is 8.21. The molecule has 3 heterocycles.